The molecule has 0 aliphatic carbocycles. The van der Waals surface area contributed by atoms with Crippen molar-refractivity contribution in [2.45, 2.75) is 158 Å². The van der Waals surface area contributed by atoms with Crippen LogP contribution < -0.4 is 16.0 Å². The van der Waals surface area contributed by atoms with Gasteiger partial charge in [-0.1, -0.05) is 52.0 Å². The molecule has 0 fully saturated rings. The number of hydrogen-bond acceptors (Lipinski definition) is 3. The molecule has 3 N–H and O–H groups in total. The van der Waals surface area contributed by atoms with Crippen LogP contribution in [0.2, 0.25) is 0 Å². The number of nitrogens with one attached hydrogen (secondary N) is 3. The predicted octanol–water partition coefficient (Wildman–Crippen LogP) is 8.81. The zero-order valence-electron chi connectivity index (χ0n) is 30.8. The highest BCUT2D eigenvalue weighted by molar-refractivity contribution is 5.76. The number of carbonyl (C=O) groups excluding carboxylic acids is 2. The van der Waals surface area contributed by atoms with Gasteiger partial charge < -0.3 is 25.8 Å². The third kappa shape index (κ3) is 16.6. The largest absolute Gasteiger partial charge is 0.329 e. The lowest BCUT2D eigenvalue weighted by molar-refractivity contribution is 0.155. The summed E-state index contributed by atoms with van der Waals surface area (Å²) < 4.78 is 0. The van der Waals surface area contributed by atoms with Crippen LogP contribution in [0.1, 0.15) is 122 Å². The highest BCUT2D eigenvalue weighted by Crippen LogP contribution is 2.27. The fourth-order valence-corrected chi connectivity index (χ4v) is 4.90. The number of nitrogens with zero attached hydrogens (tertiary/aromatic N) is 2. The molecule has 0 atom stereocenters. The molecule has 1 aromatic carbocycles. The normalized spacial score (nSPS) is 11.3. The number of rotatable bonds is 10. The van der Waals surface area contributed by atoms with Crippen molar-refractivity contribution in [3.63, 3.8) is 0 Å². The maximum atomic E-state index is 13.0. The van der Waals surface area contributed by atoms with Crippen molar-refractivity contribution in [3.05, 3.63) is 61.7 Å². The van der Waals surface area contributed by atoms with Gasteiger partial charge in [0.2, 0.25) is 0 Å². The summed E-state index contributed by atoms with van der Waals surface area (Å²) in [5, 5.41) is 9.69. The number of hydrogen-bond donors (Lipinski definition) is 3. The Labute approximate surface area is 267 Å². The summed E-state index contributed by atoms with van der Waals surface area (Å²) in [6.07, 6.45) is 0. The first-order chi connectivity index (χ1) is 19.6. The van der Waals surface area contributed by atoms with Crippen molar-refractivity contribution < 1.29 is 9.59 Å². The summed E-state index contributed by atoms with van der Waals surface area (Å²) in [5.41, 5.74) is 0.833. The monoisotopic (exact) mass is 604 g/mol. The molecule has 0 saturated carbocycles. The Hall–Kier alpha value is -2.80. The van der Waals surface area contributed by atoms with Crippen molar-refractivity contribution in [1.82, 2.24) is 25.8 Å². The second-order valence-corrected chi connectivity index (χ2v) is 13.4. The van der Waals surface area contributed by atoms with Crippen LogP contribution in [0.3, 0.4) is 0 Å². The van der Waals surface area contributed by atoms with E-state index in [-0.39, 0.29) is 36.2 Å². The minimum absolute atomic E-state index is 0.0810. The first-order valence-corrected chi connectivity index (χ1v) is 15.7. The molecule has 0 aliphatic rings. The average molecular weight is 604 g/mol. The van der Waals surface area contributed by atoms with Gasteiger partial charge in [0.25, 0.3) is 0 Å². The predicted molar refractivity (Wildman–Crippen MR) is 190 cm³/mol. The number of amides is 4. The molecule has 4 amide bonds. The van der Waals surface area contributed by atoms with Crippen molar-refractivity contribution in [1.29, 1.82) is 0 Å². The highest BCUT2D eigenvalue weighted by Gasteiger charge is 2.31. The molecule has 0 saturated heterocycles. The topological polar surface area (TPSA) is 76.7 Å². The average Bonchev–Trinajstić information content (AvgIpc) is 2.84. The van der Waals surface area contributed by atoms with E-state index in [1.54, 1.807) is 0 Å². The van der Waals surface area contributed by atoms with Crippen LogP contribution >= 0.6 is 0 Å². The van der Waals surface area contributed by atoms with Crippen LogP contribution in [0.25, 0.3) is 0 Å². The van der Waals surface area contributed by atoms with Gasteiger partial charge in [0, 0.05) is 36.3 Å². The molecule has 7 nitrogen and oxygen atoms in total. The van der Waals surface area contributed by atoms with Gasteiger partial charge in [-0.2, -0.15) is 0 Å². The van der Waals surface area contributed by atoms with E-state index >= 15 is 0 Å². The van der Waals surface area contributed by atoms with E-state index in [1.807, 2.05) is 111 Å². The Bertz CT molecular complexity index is 835. The summed E-state index contributed by atoms with van der Waals surface area (Å²) >= 11 is 0. The molecular formula is C36H69N5O2. The van der Waals surface area contributed by atoms with Gasteiger partial charge >= 0.3 is 12.1 Å². The fraction of sp³-hybridized carbons (Fsp3) is 0.667. The molecule has 250 valence electrons. The molecule has 7 heteroatoms. The molecule has 1 rings (SSSR count). The molecule has 0 bridgehead atoms. The van der Waals surface area contributed by atoms with Gasteiger partial charge in [-0.25, -0.2) is 9.59 Å². The Morgan fingerprint density at radius 1 is 0.581 bits per heavy atom. The Balaban J connectivity index is -0.00000125. The van der Waals surface area contributed by atoms with Crippen LogP contribution in [0.5, 0.6) is 0 Å². The Morgan fingerprint density at radius 2 is 0.837 bits per heavy atom. The molecule has 0 radical (unpaired) electrons. The van der Waals surface area contributed by atoms with E-state index in [1.165, 1.54) is 0 Å². The zero-order chi connectivity index (χ0) is 34.9. The van der Waals surface area contributed by atoms with Crippen LogP contribution in [-0.2, 0) is 11.1 Å². The molecule has 0 heterocycles. The number of urea groups is 2. The van der Waals surface area contributed by atoms with Crippen molar-refractivity contribution in [2.24, 2.45) is 0 Å². The summed E-state index contributed by atoms with van der Waals surface area (Å²) in [5.74, 6) is 0. The molecule has 0 aromatic heterocycles. The van der Waals surface area contributed by atoms with E-state index in [0.717, 1.165) is 11.1 Å². The van der Waals surface area contributed by atoms with Crippen molar-refractivity contribution >= 4 is 12.1 Å². The second kappa shape index (κ2) is 21.0. The Kier molecular flexibility index (Phi) is 21.8. The molecule has 43 heavy (non-hydrogen) atoms. The fourth-order valence-electron chi connectivity index (χ4n) is 4.90. The smallest absolute Gasteiger partial charge is 0.318 e. The summed E-state index contributed by atoms with van der Waals surface area (Å²) in [4.78, 5) is 29.7. The van der Waals surface area contributed by atoms with E-state index < -0.39 is 11.1 Å². The van der Waals surface area contributed by atoms with Gasteiger partial charge in [0.1, 0.15) is 0 Å². The lowest BCUT2D eigenvalue weighted by atomic mass is 9.87. The van der Waals surface area contributed by atoms with Gasteiger partial charge in [-0.15, -0.1) is 26.3 Å². The van der Waals surface area contributed by atoms with Crippen molar-refractivity contribution in [3.8, 4) is 0 Å². The standard InChI is InChI=1S/C26H46N4O2.C6H15N.2C2H4/c1-17(2)29(18(3)4)23(31)27-25(9,10)21-14-13-15-22(16-21)26(11,12)28-24(32)30(19(5)6)20(7)8;1-5(2)7-6(3)4;2*1-2/h13-20H,1-12H3,(H,27,31)(H,28,32);5-7H,1-4H3;2*1-2H2. The van der Waals surface area contributed by atoms with Crippen LogP contribution in [0.15, 0.2) is 50.6 Å². The van der Waals surface area contributed by atoms with Crippen LogP contribution in [0.4, 0.5) is 9.59 Å². The minimum Gasteiger partial charge on any atom is -0.329 e. The second-order valence-electron chi connectivity index (χ2n) is 13.4. The van der Waals surface area contributed by atoms with Gasteiger partial charge in [-0.3, -0.25) is 0 Å². The SMILES string of the molecule is C=C.C=C.CC(C)N(C(=O)NC(C)(C)c1cccc(C(C)(C)NC(=O)N(C(C)C)C(C)C)c1)C(C)C.CC(C)NC(C)C. The molecule has 1 aromatic rings. The maximum absolute atomic E-state index is 13.0. The van der Waals surface area contributed by atoms with Gasteiger partial charge in [0.05, 0.1) is 11.1 Å². The number of carbonyl (C=O) groups is 2. The summed E-state index contributed by atoms with van der Waals surface area (Å²) in [6.45, 7) is 44.8. The summed E-state index contributed by atoms with van der Waals surface area (Å²) in [7, 11) is 0. The minimum atomic E-state index is -0.572. The lowest BCUT2D eigenvalue weighted by Crippen LogP contribution is -2.53. The van der Waals surface area contributed by atoms with Crippen LogP contribution in [0, 0.1) is 0 Å². The maximum Gasteiger partial charge on any atom is 0.318 e. The molecule has 0 spiro atoms. The molecule has 0 unspecified atom stereocenters. The summed E-state index contributed by atoms with van der Waals surface area (Å²) in [6, 6.07) is 9.61. The first kappa shape index (κ1) is 44.6. The third-order valence-electron chi connectivity index (χ3n) is 6.51. The van der Waals surface area contributed by atoms with E-state index in [2.05, 4.69) is 76.0 Å². The lowest BCUT2D eigenvalue weighted by Gasteiger charge is -2.37. The Morgan fingerprint density at radius 3 is 1.02 bits per heavy atom. The zero-order valence-corrected chi connectivity index (χ0v) is 30.8. The van der Waals surface area contributed by atoms with E-state index in [0.29, 0.717) is 12.1 Å². The van der Waals surface area contributed by atoms with E-state index in [4.69, 9.17) is 0 Å². The molecule has 0 aliphatic heterocycles. The third-order valence-corrected chi connectivity index (χ3v) is 6.51. The van der Waals surface area contributed by atoms with Gasteiger partial charge in [0.15, 0.2) is 0 Å². The quantitative estimate of drug-likeness (QED) is 0.234. The molecular weight excluding hydrogens is 534 g/mol. The highest BCUT2D eigenvalue weighted by atomic mass is 16.2. The van der Waals surface area contributed by atoms with E-state index in [9.17, 15) is 9.59 Å². The van der Waals surface area contributed by atoms with Gasteiger partial charge in [-0.05, 0) is 94.2 Å². The van der Waals surface area contributed by atoms with Crippen molar-refractivity contribution in [2.75, 3.05) is 0 Å². The number of benzene rings is 1. The first-order valence-electron chi connectivity index (χ1n) is 15.7. The van der Waals surface area contributed by atoms with Crippen LogP contribution in [-0.4, -0.2) is 58.1 Å².